The van der Waals surface area contributed by atoms with Crippen molar-refractivity contribution in [1.29, 1.82) is 0 Å². The normalized spacial score (nSPS) is 16.1. The van der Waals surface area contributed by atoms with Crippen LogP contribution in [-0.4, -0.2) is 61.3 Å². The molecule has 188 valence electrons. The van der Waals surface area contributed by atoms with Crippen LogP contribution in [0.1, 0.15) is 31.1 Å². The Labute approximate surface area is 210 Å². The molecule has 1 heterocycles. The van der Waals surface area contributed by atoms with Crippen LogP contribution >= 0.6 is 0 Å². The lowest BCUT2D eigenvalue weighted by Crippen LogP contribution is -2.60. The van der Waals surface area contributed by atoms with Crippen LogP contribution in [0, 0.1) is 0 Å². The van der Waals surface area contributed by atoms with Gasteiger partial charge in [-0.3, -0.25) is 9.69 Å². The number of rotatable bonds is 5. The van der Waals surface area contributed by atoms with Crippen LogP contribution in [0.2, 0.25) is 0 Å². The minimum Gasteiger partial charge on any atom is -0.491 e. The Morgan fingerprint density at radius 2 is 1.67 bits per heavy atom. The van der Waals surface area contributed by atoms with Crippen LogP contribution in [0.25, 0.3) is 10.8 Å². The number of ether oxygens (including phenoxy) is 3. The van der Waals surface area contributed by atoms with Crippen molar-refractivity contribution in [3.63, 3.8) is 0 Å². The maximum Gasteiger partial charge on any atom is 0.410 e. The van der Waals surface area contributed by atoms with Gasteiger partial charge < -0.3 is 19.1 Å². The molecule has 36 heavy (non-hydrogen) atoms. The number of esters is 1. The van der Waals surface area contributed by atoms with Crippen molar-refractivity contribution in [2.24, 2.45) is 0 Å². The number of hydrogen-bond acceptors (Lipinski definition) is 6. The van der Waals surface area contributed by atoms with Gasteiger partial charge in [-0.05, 0) is 67.9 Å². The number of piperazine rings is 1. The van der Waals surface area contributed by atoms with Gasteiger partial charge in [0.05, 0.1) is 18.7 Å². The lowest BCUT2D eigenvalue weighted by Gasteiger charge is -2.41. The van der Waals surface area contributed by atoms with E-state index >= 15 is 0 Å². The molecule has 0 bridgehead atoms. The van der Waals surface area contributed by atoms with Crippen molar-refractivity contribution in [2.75, 3.05) is 31.7 Å². The van der Waals surface area contributed by atoms with Crippen LogP contribution in [0.15, 0.2) is 66.7 Å². The molecule has 1 atom stereocenters. The largest absolute Gasteiger partial charge is 0.491 e. The highest BCUT2D eigenvalue weighted by Gasteiger charge is 2.38. The van der Waals surface area contributed by atoms with Crippen molar-refractivity contribution >= 4 is 34.4 Å². The van der Waals surface area contributed by atoms with E-state index < -0.39 is 23.7 Å². The van der Waals surface area contributed by atoms with Crippen LogP contribution in [0.5, 0.6) is 5.75 Å². The fraction of sp³-hybridized carbons (Fsp3) is 0.321. The molecule has 1 fully saturated rings. The molecule has 0 aromatic heterocycles. The maximum atomic E-state index is 13.3. The molecular weight excluding hydrogens is 460 g/mol. The first-order valence-corrected chi connectivity index (χ1v) is 11.7. The van der Waals surface area contributed by atoms with Crippen molar-refractivity contribution in [3.05, 3.63) is 72.3 Å². The highest BCUT2D eigenvalue weighted by Crippen LogP contribution is 2.26. The molecule has 1 unspecified atom stereocenters. The first-order chi connectivity index (χ1) is 17.1. The Bertz CT molecular complexity index is 1270. The molecule has 1 aliphatic heterocycles. The lowest BCUT2D eigenvalue weighted by molar-refractivity contribution is -0.122. The molecule has 1 aliphatic rings. The number of amides is 2. The maximum absolute atomic E-state index is 13.3. The topological polar surface area (TPSA) is 85.4 Å². The summed E-state index contributed by atoms with van der Waals surface area (Å²) in [4.78, 5) is 40.9. The molecule has 3 aromatic rings. The van der Waals surface area contributed by atoms with E-state index in [-0.39, 0.29) is 25.6 Å². The molecule has 4 rings (SSSR count). The molecule has 3 aromatic carbocycles. The van der Waals surface area contributed by atoms with Crippen molar-refractivity contribution in [1.82, 2.24) is 4.90 Å². The Hall–Kier alpha value is -4.07. The highest BCUT2D eigenvalue weighted by atomic mass is 16.6. The average molecular weight is 491 g/mol. The molecule has 0 N–H and O–H groups in total. The summed E-state index contributed by atoms with van der Waals surface area (Å²) in [7, 11) is 1.32. The minimum absolute atomic E-state index is 0.125. The van der Waals surface area contributed by atoms with Gasteiger partial charge in [0.2, 0.25) is 5.91 Å². The second-order valence-corrected chi connectivity index (χ2v) is 9.64. The van der Waals surface area contributed by atoms with E-state index in [1.807, 2.05) is 42.5 Å². The van der Waals surface area contributed by atoms with Crippen molar-refractivity contribution in [3.8, 4) is 5.75 Å². The first-order valence-electron chi connectivity index (χ1n) is 11.7. The zero-order chi connectivity index (χ0) is 25.9. The smallest absolute Gasteiger partial charge is 0.410 e. The van der Waals surface area contributed by atoms with Crippen molar-refractivity contribution < 1.29 is 28.6 Å². The Morgan fingerprint density at radius 3 is 2.33 bits per heavy atom. The molecule has 2 amide bonds. The third-order valence-corrected chi connectivity index (χ3v) is 5.77. The van der Waals surface area contributed by atoms with Gasteiger partial charge in [-0.25, -0.2) is 9.59 Å². The number of carbonyl (C=O) groups is 3. The molecule has 0 radical (unpaired) electrons. The Kier molecular flexibility index (Phi) is 7.15. The molecular formula is C28H30N2O6. The summed E-state index contributed by atoms with van der Waals surface area (Å²) in [5.74, 6) is -0.0691. The summed E-state index contributed by atoms with van der Waals surface area (Å²) in [5.41, 5.74) is 0.298. The van der Waals surface area contributed by atoms with Gasteiger partial charge >= 0.3 is 12.1 Å². The summed E-state index contributed by atoms with van der Waals surface area (Å²) in [5, 5.41) is 2.14. The van der Waals surface area contributed by atoms with Gasteiger partial charge in [0.15, 0.2) is 0 Å². The number of hydrogen-bond donors (Lipinski definition) is 0. The third-order valence-electron chi connectivity index (χ3n) is 5.77. The second kappa shape index (κ2) is 10.3. The summed E-state index contributed by atoms with van der Waals surface area (Å²) in [6, 6.07) is 19.9. The van der Waals surface area contributed by atoms with E-state index in [1.165, 1.54) is 12.0 Å². The van der Waals surface area contributed by atoms with Gasteiger partial charge in [0, 0.05) is 12.2 Å². The van der Waals surface area contributed by atoms with E-state index in [4.69, 9.17) is 14.2 Å². The van der Waals surface area contributed by atoms with Crippen LogP contribution < -0.4 is 9.64 Å². The first kappa shape index (κ1) is 25.0. The van der Waals surface area contributed by atoms with Gasteiger partial charge in [-0.2, -0.15) is 0 Å². The predicted octanol–water partition coefficient (Wildman–Crippen LogP) is 4.66. The monoisotopic (exact) mass is 490 g/mol. The second-order valence-electron chi connectivity index (χ2n) is 9.64. The molecule has 8 heteroatoms. The number of carbonyl (C=O) groups excluding carboxylic acids is 3. The third kappa shape index (κ3) is 5.76. The van der Waals surface area contributed by atoms with E-state index in [1.54, 1.807) is 49.9 Å². The van der Waals surface area contributed by atoms with Gasteiger partial charge in [0.1, 0.15) is 24.5 Å². The Balaban J connectivity index is 1.58. The standard InChI is InChI=1S/C28H30N2O6/c1-28(2,3)36-27(33)29-16-23(18-35-24-14-11-19-7-5-6-8-21(19)15-24)30(25(31)17-29)22-12-9-20(10-13-22)26(32)34-4/h5-15,23H,16-18H2,1-4H3. The van der Waals surface area contributed by atoms with Gasteiger partial charge in [-0.15, -0.1) is 0 Å². The Morgan fingerprint density at radius 1 is 0.972 bits per heavy atom. The van der Waals surface area contributed by atoms with Crippen LogP contribution in [-0.2, 0) is 14.3 Å². The molecule has 0 saturated carbocycles. The average Bonchev–Trinajstić information content (AvgIpc) is 2.85. The fourth-order valence-corrected chi connectivity index (χ4v) is 4.12. The lowest BCUT2D eigenvalue weighted by atomic mass is 10.1. The number of nitrogens with zero attached hydrogens (tertiary/aromatic N) is 2. The van der Waals surface area contributed by atoms with E-state index in [0.29, 0.717) is 17.0 Å². The zero-order valence-electron chi connectivity index (χ0n) is 20.9. The molecule has 8 nitrogen and oxygen atoms in total. The molecule has 0 spiro atoms. The fourth-order valence-electron chi connectivity index (χ4n) is 4.12. The van der Waals surface area contributed by atoms with E-state index in [2.05, 4.69) is 0 Å². The minimum atomic E-state index is -0.682. The zero-order valence-corrected chi connectivity index (χ0v) is 20.9. The van der Waals surface area contributed by atoms with E-state index in [9.17, 15) is 14.4 Å². The van der Waals surface area contributed by atoms with Crippen LogP contribution in [0.3, 0.4) is 0 Å². The van der Waals surface area contributed by atoms with Crippen LogP contribution in [0.4, 0.5) is 10.5 Å². The summed E-state index contributed by atoms with van der Waals surface area (Å²) in [6.45, 7) is 5.61. The number of anilines is 1. The number of methoxy groups -OCH3 is 1. The quantitative estimate of drug-likeness (QED) is 0.484. The SMILES string of the molecule is COC(=O)c1ccc(N2C(=O)CN(C(=O)OC(C)(C)C)CC2COc2ccc3ccccc3c2)cc1. The van der Waals surface area contributed by atoms with Gasteiger partial charge in [-0.1, -0.05) is 30.3 Å². The summed E-state index contributed by atoms with van der Waals surface area (Å²) in [6.07, 6.45) is -0.549. The van der Waals surface area contributed by atoms with Gasteiger partial charge in [0.25, 0.3) is 0 Å². The predicted molar refractivity (Wildman–Crippen MR) is 136 cm³/mol. The highest BCUT2D eigenvalue weighted by molar-refractivity contribution is 5.98. The van der Waals surface area contributed by atoms with E-state index in [0.717, 1.165) is 10.8 Å². The number of fused-ring (bicyclic) bond motifs is 1. The summed E-state index contributed by atoms with van der Waals surface area (Å²) >= 11 is 0. The molecule has 0 aliphatic carbocycles. The van der Waals surface area contributed by atoms with Crippen molar-refractivity contribution in [2.45, 2.75) is 32.4 Å². The molecule has 1 saturated heterocycles. The number of benzene rings is 3. The summed E-state index contributed by atoms with van der Waals surface area (Å²) < 4.78 is 16.4.